The fourth-order valence-electron chi connectivity index (χ4n) is 1.82. The maximum absolute atomic E-state index is 11.1. The summed E-state index contributed by atoms with van der Waals surface area (Å²) in [6, 6.07) is 3.68. The first-order chi connectivity index (χ1) is 8.08. The molecule has 0 unspecified atom stereocenters. The largest absolute Gasteiger partial charge is 0.478 e. The molecular weight excluding hydrogens is 234 g/mol. The number of carbonyl (C=O) groups is 1. The lowest BCUT2D eigenvalue weighted by molar-refractivity contribution is 0.0696. The summed E-state index contributed by atoms with van der Waals surface area (Å²) in [5.74, 6) is -0.872. The summed E-state index contributed by atoms with van der Waals surface area (Å²) in [6.07, 6.45) is 2.46. The van der Waals surface area contributed by atoms with E-state index in [1.165, 1.54) is 0 Å². The van der Waals surface area contributed by atoms with Gasteiger partial charge >= 0.3 is 5.97 Å². The number of rotatable bonds is 3. The van der Waals surface area contributed by atoms with Crippen LogP contribution in [0.5, 0.6) is 0 Å². The van der Waals surface area contributed by atoms with Gasteiger partial charge in [0.25, 0.3) is 0 Å². The van der Waals surface area contributed by atoms with Crippen molar-refractivity contribution in [3.05, 3.63) is 51.0 Å². The van der Waals surface area contributed by atoms with Crippen molar-refractivity contribution in [2.75, 3.05) is 0 Å². The van der Waals surface area contributed by atoms with E-state index in [0.717, 1.165) is 21.7 Å². The summed E-state index contributed by atoms with van der Waals surface area (Å²) in [5, 5.41) is 12.0. The van der Waals surface area contributed by atoms with Crippen LogP contribution in [-0.4, -0.2) is 16.1 Å². The first-order valence-corrected chi connectivity index (χ1v) is 6.17. The van der Waals surface area contributed by atoms with Gasteiger partial charge in [0.2, 0.25) is 0 Å². The van der Waals surface area contributed by atoms with Crippen molar-refractivity contribution in [1.82, 2.24) is 4.98 Å². The van der Waals surface area contributed by atoms with E-state index < -0.39 is 5.97 Å². The Morgan fingerprint density at radius 1 is 1.35 bits per heavy atom. The van der Waals surface area contributed by atoms with Gasteiger partial charge in [-0.2, -0.15) is 0 Å². The highest BCUT2D eigenvalue weighted by Crippen LogP contribution is 2.20. The predicted molar refractivity (Wildman–Crippen MR) is 67.8 cm³/mol. The summed E-state index contributed by atoms with van der Waals surface area (Å²) in [4.78, 5) is 15.3. The molecule has 17 heavy (non-hydrogen) atoms. The van der Waals surface area contributed by atoms with Crippen LogP contribution < -0.4 is 0 Å². The molecule has 0 atom stereocenters. The molecule has 0 amide bonds. The number of aromatic nitrogens is 1. The van der Waals surface area contributed by atoms with Crippen molar-refractivity contribution in [3.63, 3.8) is 0 Å². The molecule has 0 saturated carbocycles. The zero-order chi connectivity index (χ0) is 12.4. The lowest BCUT2D eigenvalue weighted by Gasteiger charge is -2.08. The number of thiazole rings is 1. The second kappa shape index (κ2) is 4.67. The Kier molecular flexibility index (Phi) is 3.24. The number of aromatic carboxylic acids is 1. The standard InChI is InChI=1S/C13H13NO2S/c1-8-5-9(2)11(13(15)16)6-10(8)7-12-14-3-4-17-12/h3-6H,7H2,1-2H3,(H,15,16). The van der Waals surface area contributed by atoms with Gasteiger partial charge in [-0.1, -0.05) is 6.07 Å². The Morgan fingerprint density at radius 3 is 2.71 bits per heavy atom. The maximum Gasteiger partial charge on any atom is 0.335 e. The Labute approximate surface area is 104 Å². The summed E-state index contributed by atoms with van der Waals surface area (Å²) >= 11 is 1.59. The molecule has 1 aromatic heterocycles. The van der Waals surface area contributed by atoms with E-state index in [1.807, 2.05) is 25.3 Å². The quantitative estimate of drug-likeness (QED) is 0.906. The molecule has 2 aromatic rings. The van der Waals surface area contributed by atoms with Gasteiger partial charge in [0, 0.05) is 18.0 Å². The van der Waals surface area contributed by atoms with Crippen LogP contribution in [0.3, 0.4) is 0 Å². The third-order valence-corrected chi connectivity index (χ3v) is 3.52. The molecule has 4 heteroatoms. The van der Waals surface area contributed by atoms with Gasteiger partial charge in [-0.25, -0.2) is 9.78 Å². The van der Waals surface area contributed by atoms with E-state index in [0.29, 0.717) is 12.0 Å². The minimum absolute atomic E-state index is 0.377. The number of aryl methyl sites for hydroxylation is 2. The second-order valence-electron chi connectivity index (χ2n) is 4.00. The summed E-state index contributed by atoms with van der Waals surface area (Å²) in [7, 11) is 0. The molecule has 0 radical (unpaired) electrons. The molecule has 1 N–H and O–H groups in total. The van der Waals surface area contributed by atoms with E-state index in [4.69, 9.17) is 5.11 Å². The van der Waals surface area contributed by atoms with Crippen molar-refractivity contribution in [2.24, 2.45) is 0 Å². The summed E-state index contributed by atoms with van der Waals surface area (Å²) in [6.45, 7) is 3.82. The molecule has 0 aliphatic rings. The van der Waals surface area contributed by atoms with Crippen molar-refractivity contribution < 1.29 is 9.90 Å². The molecule has 1 heterocycles. The van der Waals surface area contributed by atoms with Crippen LogP contribution in [0.4, 0.5) is 0 Å². The number of carboxylic acids is 1. The highest BCUT2D eigenvalue weighted by molar-refractivity contribution is 7.09. The molecule has 3 nitrogen and oxygen atoms in total. The first-order valence-electron chi connectivity index (χ1n) is 5.29. The van der Waals surface area contributed by atoms with Gasteiger partial charge in [-0.05, 0) is 36.6 Å². The molecule has 0 fully saturated rings. The zero-order valence-corrected chi connectivity index (χ0v) is 10.5. The molecule has 0 aliphatic heterocycles. The number of carboxylic acid groups (broad SMARTS) is 1. The SMILES string of the molecule is Cc1cc(C)c(C(=O)O)cc1Cc1nccs1. The van der Waals surface area contributed by atoms with Crippen LogP contribution in [0.2, 0.25) is 0 Å². The van der Waals surface area contributed by atoms with Gasteiger partial charge in [0.1, 0.15) is 0 Å². The number of hydrogen-bond acceptors (Lipinski definition) is 3. The average Bonchev–Trinajstić information content (AvgIpc) is 2.74. The minimum Gasteiger partial charge on any atom is -0.478 e. The number of nitrogens with zero attached hydrogens (tertiary/aromatic N) is 1. The van der Waals surface area contributed by atoms with Gasteiger partial charge in [0.15, 0.2) is 0 Å². The predicted octanol–water partition coefficient (Wildman–Crippen LogP) is 3.05. The average molecular weight is 247 g/mol. The Bertz CT molecular complexity index is 547. The Morgan fingerprint density at radius 2 is 2.12 bits per heavy atom. The lowest BCUT2D eigenvalue weighted by atomic mass is 9.98. The zero-order valence-electron chi connectivity index (χ0n) is 9.73. The fourth-order valence-corrected chi connectivity index (χ4v) is 2.46. The highest BCUT2D eigenvalue weighted by Gasteiger charge is 2.11. The van der Waals surface area contributed by atoms with Crippen molar-refractivity contribution in [3.8, 4) is 0 Å². The monoisotopic (exact) mass is 247 g/mol. The minimum atomic E-state index is -0.872. The smallest absolute Gasteiger partial charge is 0.335 e. The van der Waals surface area contributed by atoms with E-state index in [1.54, 1.807) is 23.6 Å². The van der Waals surface area contributed by atoms with Crippen LogP contribution in [0.15, 0.2) is 23.7 Å². The second-order valence-corrected chi connectivity index (χ2v) is 4.98. The number of hydrogen-bond donors (Lipinski definition) is 1. The molecule has 2 rings (SSSR count). The Balaban J connectivity index is 2.40. The van der Waals surface area contributed by atoms with Crippen LogP contribution >= 0.6 is 11.3 Å². The van der Waals surface area contributed by atoms with Crippen LogP contribution in [-0.2, 0) is 6.42 Å². The van der Waals surface area contributed by atoms with Crippen LogP contribution in [0, 0.1) is 13.8 Å². The van der Waals surface area contributed by atoms with E-state index in [9.17, 15) is 4.79 Å². The first kappa shape index (κ1) is 11.8. The molecular formula is C13H13NO2S. The topological polar surface area (TPSA) is 50.2 Å². The van der Waals surface area contributed by atoms with Crippen molar-refractivity contribution in [1.29, 1.82) is 0 Å². The van der Waals surface area contributed by atoms with Gasteiger partial charge in [-0.15, -0.1) is 11.3 Å². The van der Waals surface area contributed by atoms with Gasteiger partial charge in [-0.3, -0.25) is 0 Å². The van der Waals surface area contributed by atoms with Crippen molar-refractivity contribution >= 4 is 17.3 Å². The summed E-state index contributed by atoms with van der Waals surface area (Å²) in [5.41, 5.74) is 3.32. The molecule has 0 spiro atoms. The third kappa shape index (κ3) is 2.53. The third-order valence-electron chi connectivity index (χ3n) is 2.74. The number of benzene rings is 1. The van der Waals surface area contributed by atoms with E-state index >= 15 is 0 Å². The normalized spacial score (nSPS) is 10.5. The van der Waals surface area contributed by atoms with Gasteiger partial charge < -0.3 is 5.11 Å². The lowest BCUT2D eigenvalue weighted by Crippen LogP contribution is -2.03. The highest BCUT2D eigenvalue weighted by atomic mass is 32.1. The maximum atomic E-state index is 11.1. The molecule has 0 bridgehead atoms. The molecule has 0 aliphatic carbocycles. The Hall–Kier alpha value is -1.68. The van der Waals surface area contributed by atoms with E-state index in [-0.39, 0.29) is 0 Å². The summed E-state index contributed by atoms with van der Waals surface area (Å²) < 4.78 is 0. The van der Waals surface area contributed by atoms with Gasteiger partial charge in [0.05, 0.1) is 10.6 Å². The van der Waals surface area contributed by atoms with Crippen LogP contribution in [0.1, 0.15) is 32.1 Å². The fraction of sp³-hybridized carbons (Fsp3) is 0.231. The van der Waals surface area contributed by atoms with Crippen molar-refractivity contribution in [2.45, 2.75) is 20.3 Å². The molecule has 1 aromatic carbocycles. The van der Waals surface area contributed by atoms with Crippen LogP contribution in [0.25, 0.3) is 0 Å². The van der Waals surface area contributed by atoms with E-state index in [2.05, 4.69) is 4.98 Å². The molecule has 0 saturated heterocycles. The molecule has 88 valence electrons.